The van der Waals surface area contributed by atoms with Gasteiger partial charge in [0.2, 0.25) is 17.6 Å². The number of rotatable bonds is 4. The van der Waals surface area contributed by atoms with Gasteiger partial charge in [0.05, 0.1) is 6.54 Å². The van der Waals surface area contributed by atoms with Gasteiger partial charge in [-0.1, -0.05) is 23.4 Å². The Bertz CT molecular complexity index is 574. The summed E-state index contributed by atoms with van der Waals surface area (Å²) in [5.41, 5.74) is 0. The zero-order valence-electron chi connectivity index (χ0n) is 10.7. The van der Waals surface area contributed by atoms with Gasteiger partial charge in [-0.3, -0.25) is 10.1 Å². The fourth-order valence-electron chi connectivity index (χ4n) is 1.87. The average molecular weight is 274 g/mol. The molecule has 0 spiro atoms. The van der Waals surface area contributed by atoms with Crippen molar-refractivity contribution in [1.82, 2.24) is 20.8 Å². The van der Waals surface area contributed by atoms with Crippen molar-refractivity contribution < 1.29 is 14.1 Å². The molecule has 2 aromatic rings. The molecule has 1 aliphatic rings. The van der Waals surface area contributed by atoms with E-state index in [1.54, 1.807) is 0 Å². The minimum Gasteiger partial charge on any atom is -0.485 e. The molecule has 1 aromatic carbocycles. The van der Waals surface area contributed by atoms with Crippen LogP contribution in [0, 0.1) is 0 Å². The van der Waals surface area contributed by atoms with E-state index in [1.807, 2.05) is 30.3 Å². The van der Waals surface area contributed by atoms with E-state index in [2.05, 4.69) is 20.8 Å². The summed E-state index contributed by atoms with van der Waals surface area (Å²) in [7, 11) is 0. The SMILES string of the molecule is O=C1CNC(c2nc(COc3ccccc3)no2)CN1. The lowest BCUT2D eigenvalue weighted by Gasteiger charge is -2.20. The van der Waals surface area contributed by atoms with Crippen LogP contribution in [0.3, 0.4) is 0 Å². The number of para-hydroxylation sites is 1. The van der Waals surface area contributed by atoms with E-state index in [4.69, 9.17) is 9.26 Å². The van der Waals surface area contributed by atoms with Crippen LogP contribution in [0.2, 0.25) is 0 Å². The number of carbonyl (C=O) groups is 1. The Kier molecular flexibility index (Phi) is 3.60. The van der Waals surface area contributed by atoms with E-state index in [-0.39, 0.29) is 25.1 Å². The number of nitrogens with one attached hydrogen (secondary N) is 2. The normalized spacial score (nSPS) is 18.6. The second-order valence-electron chi connectivity index (χ2n) is 4.39. The minimum absolute atomic E-state index is 0.0339. The Labute approximate surface area is 115 Å². The summed E-state index contributed by atoms with van der Waals surface area (Å²) in [5, 5.41) is 9.62. The van der Waals surface area contributed by atoms with Gasteiger partial charge in [-0.05, 0) is 12.1 Å². The minimum atomic E-state index is -0.148. The Morgan fingerprint density at radius 2 is 2.20 bits per heavy atom. The highest BCUT2D eigenvalue weighted by atomic mass is 16.5. The van der Waals surface area contributed by atoms with E-state index >= 15 is 0 Å². The molecule has 0 aliphatic carbocycles. The predicted molar refractivity (Wildman–Crippen MR) is 68.8 cm³/mol. The first-order valence-electron chi connectivity index (χ1n) is 6.31. The second kappa shape index (κ2) is 5.70. The molecule has 1 unspecified atom stereocenters. The number of nitrogens with zero attached hydrogens (tertiary/aromatic N) is 2. The molecular formula is C13H14N4O3. The van der Waals surface area contributed by atoms with Crippen LogP contribution in [0.5, 0.6) is 5.75 Å². The highest BCUT2D eigenvalue weighted by Crippen LogP contribution is 2.13. The molecule has 7 heteroatoms. The Hall–Kier alpha value is -2.41. The summed E-state index contributed by atoms with van der Waals surface area (Å²) in [6, 6.07) is 9.28. The standard InChI is InChI=1S/C13H14N4O3/c18-12-7-14-10(6-15-12)13-16-11(17-20-13)8-19-9-4-2-1-3-5-9/h1-5,10,14H,6-8H2,(H,15,18). The number of benzene rings is 1. The highest BCUT2D eigenvalue weighted by Gasteiger charge is 2.23. The van der Waals surface area contributed by atoms with Gasteiger partial charge in [0, 0.05) is 6.54 Å². The lowest BCUT2D eigenvalue weighted by Crippen LogP contribution is -2.47. The van der Waals surface area contributed by atoms with E-state index in [1.165, 1.54) is 0 Å². The van der Waals surface area contributed by atoms with E-state index in [0.717, 1.165) is 5.75 Å². The quantitative estimate of drug-likeness (QED) is 0.839. The highest BCUT2D eigenvalue weighted by molar-refractivity contribution is 5.78. The fraction of sp³-hybridized carbons (Fsp3) is 0.308. The number of amides is 1. The number of ether oxygens (including phenoxy) is 1. The third kappa shape index (κ3) is 2.94. The monoisotopic (exact) mass is 274 g/mol. The third-order valence-corrected chi connectivity index (χ3v) is 2.91. The second-order valence-corrected chi connectivity index (χ2v) is 4.39. The van der Waals surface area contributed by atoms with E-state index in [0.29, 0.717) is 18.3 Å². The maximum Gasteiger partial charge on any atom is 0.245 e. The van der Waals surface area contributed by atoms with Gasteiger partial charge in [0.25, 0.3) is 0 Å². The van der Waals surface area contributed by atoms with Crippen molar-refractivity contribution in [1.29, 1.82) is 0 Å². The molecule has 1 aromatic heterocycles. The van der Waals surface area contributed by atoms with Crippen molar-refractivity contribution in [2.24, 2.45) is 0 Å². The van der Waals surface area contributed by atoms with Crippen molar-refractivity contribution in [3.63, 3.8) is 0 Å². The number of carbonyl (C=O) groups excluding carboxylic acids is 1. The maximum absolute atomic E-state index is 11.0. The molecule has 2 heterocycles. The van der Waals surface area contributed by atoms with Gasteiger partial charge in [-0.25, -0.2) is 0 Å². The van der Waals surface area contributed by atoms with Crippen LogP contribution in [-0.2, 0) is 11.4 Å². The average Bonchev–Trinajstić information content (AvgIpc) is 2.96. The van der Waals surface area contributed by atoms with Crippen molar-refractivity contribution >= 4 is 5.91 Å². The van der Waals surface area contributed by atoms with Crippen molar-refractivity contribution in [3.8, 4) is 5.75 Å². The predicted octanol–water partition coefficient (Wildman–Crippen LogP) is 0.409. The van der Waals surface area contributed by atoms with Crippen molar-refractivity contribution in [2.75, 3.05) is 13.1 Å². The van der Waals surface area contributed by atoms with Crippen LogP contribution in [0.25, 0.3) is 0 Å². The molecule has 1 aliphatic heterocycles. The first kappa shape index (κ1) is 12.6. The van der Waals surface area contributed by atoms with Crippen molar-refractivity contribution in [3.05, 3.63) is 42.0 Å². The lowest BCUT2D eigenvalue weighted by atomic mass is 10.2. The summed E-state index contributed by atoms with van der Waals surface area (Å²) < 4.78 is 10.7. The molecule has 1 fully saturated rings. The zero-order chi connectivity index (χ0) is 13.8. The molecule has 1 atom stereocenters. The summed E-state index contributed by atoms with van der Waals surface area (Å²) in [6.07, 6.45) is 0. The number of piperazine rings is 1. The Balaban J connectivity index is 1.58. The van der Waals surface area contributed by atoms with Gasteiger partial charge in [-0.2, -0.15) is 4.98 Å². The molecule has 104 valence electrons. The van der Waals surface area contributed by atoms with Crippen LogP contribution in [-0.4, -0.2) is 29.1 Å². The summed E-state index contributed by atoms with van der Waals surface area (Å²) in [4.78, 5) is 15.3. The van der Waals surface area contributed by atoms with Gasteiger partial charge in [0.15, 0.2) is 6.61 Å². The van der Waals surface area contributed by atoms with Gasteiger partial charge in [-0.15, -0.1) is 0 Å². The van der Waals surface area contributed by atoms with Crippen LogP contribution in [0.1, 0.15) is 17.8 Å². The van der Waals surface area contributed by atoms with Gasteiger partial charge >= 0.3 is 0 Å². The molecule has 2 N–H and O–H groups in total. The van der Waals surface area contributed by atoms with Crippen LogP contribution in [0.15, 0.2) is 34.9 Å². The summed E-state index contributed by atoms with van der Waals surface area (Å²) in [6.45, 7) is 0.940. The Morgan fingerprint density at radius 1 is 1.35 bits per heavy atom. The summed E-state index contributed by atoms with van der Waals surface area (Å²) in [5.74, 6) is 1.65. The molecule has 1 amide bonds. The molecule has 7 nitrogen and oxygen atoms in total. The molecule has 3 rings (SSSR count). The third-order valence-electron chi connectivity index (χ3n) is 2.91. The first-order valence-corrected chi connectivity index (χ1v) is 6.31. The largest absolute Gasteiger partial charge is 0.485 e. The molecule has 20 heavy (non-hydrogen) atoms. The van der Waals surface area contributed by atoms with Gasteiger partial charge < -0.3 is 14.6 Å². The van der Waals surface area contributed by atoms with E-state index in [9.17, 15) is 4.79 Å². The van der Waals surface area contributed by atoms with E-state index < -0.39 is 0 Å². The molecule has 0 radical (unpaired) electrons. The van der Waals surface area contributed by atoms with Crippen LogP contribution < -0.4 is 15.4 Å². The summed E-state index contributed by atoms with van der Waals surface area (Å²) >= 11 is 0. The lowest BCUT2D eigenvalue weighted by molar-refractivity contribution is -0.121. The first-order chi connectivity index (χ1) is 9.81. The maximum atomic E-state index is 11.0. The molecule has 0 bridgehead atoms. The van der Waals surface area contributed by atoms with Crippen LogP contribution in [0.4, 0.5) is 0 Å². The molecular weight excluding hydrogens is 260 g/mol. The molecule has 0 saturated carbocycles. The fourth-order valence-corrected chi connectivity index (χ4v) is 1.87. The van der Waals surface area contributed by atoms with Gasteiger partial charge in [0.1, 0.15) is 11.8 Å². The smallest absolute Gasteiger partial charge is 0.245 e. The topological polar surface area (TPSA) is 89.3 Å². The van der Waals surface area contributed by atoms with Crippen LogP contribution >= 0.6 is 0 Å². The Morgan fingerprint density at radius 3 is 2.95 bits per heavy atom. The number of aromatic nitrogens is 2. The number of hydrogen-bond acceptors (Lipinski definition) is 6. The number of hydrogen-bond donors (Lipinski definition) is 2. The zero-order valence-corrected chi connectivity index (χ0v) is 10.7. The van der Waals surface area contributed by atoms with Crippen molar-refractivity contribution in [2.45, 2.75) is 12.6 Å². The molecule has 1 saturated heterocycles.